The first-order valence-electron chi connectivity index (χ1n) is 6.35. The van der Waals surface area contributed by atoms with Crippen molar-refractivity contribution in [3.63, 3.8) is 0 Å². The first-order valence-corrected chi connectivity index (χ1v) is 8.00. The Morgan fingerprint density at radius 3 is 2.70 bits per heavy atom. The Balaban J connectivity index is 2.78. The average Bonchev–Trinajstić information content (AvgIpc) is 2.37. The highest BCUT2D eigenvalue weighted by atomic mass is 32.2. The molecule has 0 saturated carbocycles. The molecule has 0 fully saturated rings. The number of aliphatic hydroxyl groups excluding tert-OH is 1. The minimum Gasteiger partial charge on any atom is -0.395 e. The molecule has 1 rings (SSSR count). The molecule has 20 heavy (non-hydrogen) atoms. The van der Waals surface area contributed by atoms with E-state index >= 15 is 0 Å². The zero-order chi connectivity index (χ0) is 15.2. The van der Waals surface area contributed by atoms with Gasteiger partial charge in [0.05, 0.1) is 12.4 Å². The molecule has 4 nitrogen and oxygen atoms in total. The van der Waals surface area contributed by atoms with Gasteiger partial charge in [-0.1, -0.05) is 24.3 Å². The van der Waals surface area contributed by atoms with Gasteiger partial charge in [-0.25, -0.2) is 17.5 Å². The van der Waals surface area contributed by atoms with E-state index in [0.717, 1.165) is 5.56 Å². The second-order valence-electron chi connectivity index (χ2n) is 4.66. The molecule has 6 heteroatoms. The SMILES string of the molecule is C/C=C/C[C@@H](CO)NS(=O)(=O)Cc1ccc(C)cc1F. The predicted molar refractivity (Wildman–Crippen MR) is 77.2 cm³/mol. The molecule has 0 saturated heterocycles. The van der Waals surface area contributed by atoms with E-state index in [0.29, 0.717) is 6.42 Å². The van der Waals surface area contributed by atoms with Crippen LogP contribution in [0.4, 0.5) is 4.39 Å². The molecular formula is C14H20FNO3S. The lowest BCUT2D eigenvalue weighted by atomic mass is 10.2. The van der Waals surface area contributed by atoms with Crippen LogP contribution >= 0.6 is 0 Å². The van der Waals surface area contributed by atoms with Gasteiger partial charge in [-0.2, -0.15) is 0 Å². The Morgan fingerprint density at radius 2 is 2.15 bits per heavy atom. The van der Waals surface area contributed by atoms with Crippen LogP contribution in [0.1, 0.15) is 24.5 Å². The fourth-order valence-corrected chi connectivity index (χ4v) is 3.14. The third-order valence-electron chi connectivity index (χ3n) is 2.78. The lowest BCUT2D eigenvalue weighted by molar-refractivity contribution is 0.257. The number of aliphatic hydroxyl groups is 1. The molecular weight excluding hydrogens is 281 g/mol. The van der Waals surface area contributed by atoms with Crippen LogP contribution in [0.5, 0.6) is 0 Å². The van der Waals surface area contributed by atoms with Crippen molar-refractivity contribution in [2.24, 2.45) is 0 Å². The van der Waals surface area contributed by atoms with E-state index in [1.807, 2.05) is 6.92 Å². The summed E-state index contributed by atoms with van der Waals surface area (Å²) in [5.41, 5.74) is 0.851. The minimum atomic E-state index is -3.70. The molecule has 0 aliphatic rings. The lowest BCUT2D eigenvalue weighted by Crippen LogP contribution is -2.37. The van der Waals surface area contributed by atoms with Crippen LogP contribution < -0.4 is 4.72 Å². The normalized spacial score (nSPS) is 13.8. The van der Waals surface area contributed by atoms with Crippen molar-refractivity contribution in [1.29, 1.82) is 0 Å². The van der Waals surface area contributed by atoms with Crippen molar-refractivity contribution in [2.75, 3.05) is 6.61 Å². The lowest BCUT2D eigenvalue weighted by Gasteiger charge is -2.15. The first kappa shape index (κ1) is 16.8. The standard InChI is InChI=1S/C14H20FNO3S/c1-3-4-5-13(9-17)16-20(18,19)10-12-7-6-11(2)8-14(12)15/h3-4,6-8,13,16-17H,5,9-10H2,1-2H3/b4-3+/t13-/m0/s1. The monoisotopic (exact) mass is 301 g/mol. The summed E-state index contributed by atoms with van der Waals surface area (Å²) in [5.74, 6) is -0.977. The third kappa shape index (κ3) is 5.40. The molecule has 0 aromatic heterocycles. The fourth-order valence-electron chi connectivity index (χ4n) is 1.73. The molecule has 0 radical (unpaired) electrons. The molecule has 1 aromatic carbocycles. The smallest absolute Gasteiger partial charge is 0.216 e. The maximum absolute atomic E-state index is 13.6. The number of halogens is 1. The van der Waals surface area contributed by atoms with Gasteiger partial charge in [0.1, 0.15) is 5.82 Å². The highest BCUT2D eigenvalue weighted by Gasteiger charge is 2.18. The molecule has 0 aliphatic carbocycles. The number of nitrogens with one attached hydrogen (secondary N) is 1. The summed E-state index contributed by atoms with van der Waals surface area (Å²) in [6.07, 6.45) is 3.93. The summed E-state index contributed by atoms with van der Waals surface area (Å²) < 4.78 is 39.9. The van der Waals surface area contributed by atoms with Crippen LogP contribution in [0.25, 0.3) is 0 Å². The highest BCUT2D eigenvalue weighted by molar-refractivity contribution is 7.88. The van der Waals surface area contributed by atoms with Crippen LogP contribution in [0.3, 0.4) is 0 Å². The fraction of sp³-hybridized carbons (Fsp3) is 0.429. The van der Waals surface area contributed by atoms with Gasteiger partial charge in [0.2, 0.25) is 10.0 Å². The number of benzene rings is 1. The summed E-state index contributed by atoms with van der Waals surface area (Å²) in [4.78, 5) is 0. The van der Waals surface area contributed by atoms with Crippen LogP contribution in [-0.2, 0) is 15.8 Å². The number of sulfonamides is 1. The quantitative estimate of drug-likeness (QED) is 0.756. The summed E-state index contributed by atoms with van der Waals surface area (Å²) in [6.45, 7) is 3.24. The van der Waals surface area contributed by atoms with Crippen molar-refractivity contribution in [3.05, 3.63) is 47.3 Å². The van der Waals surface area contributed by atoms with Gasteiger partial charge in [0.15, 0.2) is 0 Å². The Labute approximate surface area is 119 Å². The van der Waals surface area contributed by atoms with Gasteiger partial charge >= 0.3 is 0 Å². The van der Waals surface area contributed by atoms with E-state index in [1.54, 1.807) is 25.1 Å². The minimum absolute atomic E-state index is 0.117. The van der Waals surface area contributed by atoms with Gasteiger partial charge in [-0.05, 0) is 31.9 Å². The predicted octanol–water partition coefficient (Wildman–Crippen LogP) is 1.88. The van der Waals surface area contributed by atoms with Gasteiger partial charge in [-0.15, -0.1) is 0 Å². The Hall–Kier alpha value is -1.24. The van der Waals surface area contributed by atoms with Crippen LogP contribution in [0.15, 0.2) is 30.4 Å². The molecule has 1 aromatic rings. The molecule has 112 valence electrons. The second kappa shape index (κ2) is 7.52. The van der Waals surface area contributed by atoms with Gasteiger partial charge in [-0.3, -0.25) is 0 Å². The molecule has 2 N–H and O–H groups in total. The van der Waals surface area contributed by atoms with Crippen molar-refractivity contribution < 1.29 is 17.9 Å². The maximum atomic E-state index is 13.6. The molecule has 0 heterocycles. The molecule has 0 amide bonds. The molecule has 1 atom stereocenters. The summed E-state index contributed by atoms with van der Waals surface area (Å²) >= 11 is 0. The van der Waals surface area contributed by atoms with Gasteiger partial charge in [0.25, 0.3) is 0 Å². The van der Waals surface area contributed by atoms with E-state index in [1.165, 1.54) is 12.1 Å². The molecule has 0 aliphatic heterocycles. The zero-order valence-corrected chi connectivity index (χ0v) is 12.5. The molecule has 0 bridgehead atoms. The Bertz CT molecular complexity index is 570. The van der Waals surface area contributed by atoms with Crippen molar-refractivity contribution in [3.8, 4) is 0 Å². The first-order chi connectivity index (χ1) is 9.38. The number of hydrogen-bond acceptors (Lipinski definition) is 3. The largest absolute Gasteiger partial charge is 0.395 e. The number of aryl methyl sites for hydroxylation is 1. The van der Waals surface area contributed by atoms with Crippen LogP contribution in [0.2, 0.25) is 0 Å². The van der Waals surface area contributed by atoms with E-state index in [-0.39, 0.29) is 12.2 Å². The van der Waals surface area contributed by atoms with Crippen LogP contribution in [-0.4, -0.2) is 26.2 Å². The summed E-state index contributed by atoms with van der Waals surface area (Å²) in [6, 6.07) is 3.83. The number of allylic oxidation sites excluding steroid dienone is 1. The van der Waals surface area contributed by atoms with E-state index in [4.69, 9.17) is 5.11 Å². The van der Waals surface area contributed by atoms with E-state index in [9.17, 15) is 12.8 Å². The van der Waals surface area contributed by atoms with E-state index in [2.05, 4.69) is 4.72 Å². The highest BCUT2D eigenvalue weighted by Crippen LogP contribution is 2.13. The van der Waals surface area contributed by atoms with Crippen molar-refractivity contribution in [2.45, 2.75) is 32.1 Å². The average molecular weight is 301 g/mol. The zero-order valence-electron chi connectivity index (χ0n) is 11.6. The van der Waals surface area contributed by atoms with Crippen LogP contribution in [0, 0.1) is 12.7 Å². The van der Waals surface area contributed by atoms with Crippen molar-refractivity contribution in [1.82, 2.24) is 4.72 Å². The maximum Gasteiger partial charge on any atom is 0.216 e. The van der Waals surface area contributed by atoms with Crippen molar-refractivity contribution >= 4 is 10.0 Å². The van der Waals surface area contributed by atoms with E-state index < -0.39 is 27.6 Å². The summed E-state index contributed by atoms with van der Waals surface area (Å²) in [5, 5.41) is 9.14. The third-order valence-corrected chi connectivity index (χ3v) is 4.16. The van der Waals surface area contributed by atoms with Gasteiger partial charge < -0.3 is 5.11 Å². The number of rotatable bonds is 7. The van der Waals surface area contributed by atoms with Gasteiger partial charge in [0, 0.05) is 11.6 Å². The topological polar surface area (TPSA) is 66.4 Å². The summed E-state index contributed by atoms with van der Waals surface area (Å²) in [7, 11) is -3.70. The molecule has 0 spiro atoms. The molecule has 0 unspecified atom stereocenters. The Morgan fingerprint density at radius 1 is 1.45 bits per heavy atom. The second-order valence-corrected chi connectivity index (χ2v) is 6.41. The number of hydrogen-bond donors (Lipinski definition) is 2. The Kier molecular flexibility index (Phi) is 6.32.